The van der Waals surface area contributed by atoms with Crippen molar-refractivity contribution >= 4 is 29.2 Å². The summed E-state index contributed by atoms with van der Waals surface area (Å²) in [4.78, 5) is 55.1. The zero-order chi connectivity index (χ0) is 36.5. The van der Waals surface area contributed by atoms with Crippen LogP contribution in [0.15, 0.2) is 54.3 Å². The number of benzene rings is 2. The molecule has 12 heteroatoms. The van der Waals surface area contributed by atoms with Gasteiger partial charge in [-0.3, -0.25) is 19.8 Å². The molecule has 2 aromatic carbocycles. The first-order valence-electron chi connectivity index (χ1n) is 18.2. The van der Waals surface area contributed by atoms with Crippen LogP contribution in [0.1, 0.15) is 87.1 Å². The summed E-state index contributed by atoms with van der Waals surface area (Å²) in [7, 11) is 4.38. The third kappa shape index (κ3) is 7.75. The van der Waals surface area contributed by atoms with E-state index in [0.29, 0.717) is 30.7 Å². The number of nitro groups is 1. The van der Waals surface area contributed by atoms with Crippen molar-refractivity contribution in [3.63, 3.8) is 0 Å². The van der Waals surface area contributed by atoms with E-state index in [-0.39, 0.29) is 47.6 Å². The summed E-state index contributed by atoms with van der Waals surface area (Å²) < 4.78 is 20.9. The van der Waals surface area contributed by atoms with E-state index in [1.807, 2.05) is 17.0 Å². The predicted octanol–water partition coefficient (Wildman–Crippen LogP) is 6.60. The van der Waals surface area contributed by atoms with Crippen molar-refractivity contribution in [2.45, 2.75) is 82.6 Å². The summed E-state index contributed by atoms with van der Waals surface area (Å²) in [5.74, 6) is -0.374. The predicted molar refractivity (Wildman–Crippen MR) is 192 cm³/mol. The maximum atomic E-state index is 14.6. The number of unbranched alkanes of at least 4 members (excludes halogenated alkanes) is 6. The maximum Gasteiger partial charge on any atom is 0.345 e. The Kier molecular flexibility index (Phi) is 12.7. The SMILES string of the molecule is CC[C@H]1CN2CC[C@]3(C(=O)N(CCCCCCCCCOC(=O)c4cc(OC)ccc4[N+](=O)[O-])c4ccccc43)C2C[C@@H]1/C(=C\OC)C(=O)OC. The van der Waals surface area contributed by atoms with Gasteiger partial charge in [0.25, 0.3) is 5.69 Å². The van der Waals surface area contributed by atoms with Crippen LogP contribution < -0.4 is 9.64 Å². The number of hydrogen-bond acceptors (Lipinski definition) is 10. The van der Waals surface area contributed by atoms with E-state index < -0.39 is 16.3 Å². The molecule has 2 fully saturated rings. The Hall–Kier alpha value is -4.45. The Bertz CT molecular complexity index is 1610. The second kappa shape index (κ2) is 17.2. The van der Waals surface area contributed by atoms with Crippen LogP contribution in [-0.2, 0) is 29.2 Å². The fraction of sp³-hybridized carbons (Fsp3) is 0.564. The zero-order valence-corrected chi connectivity index (χ0v) is 30.3. The van der Waals surface area contributed by atoms with Crippen LogP contribution in [0, 0.1) is 22.0 Å². The van der Waals surface area contributed by atoms with Crippen LogP contribution in [0.5, 0.6) is 5.75 Å². The summed E-state index contributed by atoms with van der Waals surface area (Å²) >= 11 is 0. The number of piperidine rings is 1. The number of ether oxygens (including phenoxy) is 4. The Morgan fingerprint density at radius 3 is 2.43 bits per heavy atom. The first-order chi connectivity index (χ1) is 24.7. The molecule has 1 unspecified atom stereocenters. The van der Waals surface area contributed by atoms with Gasteiger partial charge in [-0.05, 0) is 61.8 Å². The molecule has 0 N–H and O–H groups in total. The van der Waals surface area contributed by atoms with E-state index in [1.165, 1.54) is 38.7 Å². The van der Waals surface area contributed by atoms with Gasteiger partial charge in [-0.1, -0.05) is 63.6 Å². The Morgan fingerprint density at radius 2 is 1.75 bits per heavy atom. The minimum absolute atomic E-state index is 0.0150. The first-order valence-corrected chi connectivity index (χ1v) is 18.2. The number of methoxy groups -OCH3 is 3. The molecule has 4 atom stereocenters. The molecule has 2 aromatic rings. The number of para-hydroxylation sites is 1. The van der Waals surface area contributed by atoms with E-state index in [4.69, 9.17) is 18.9 Å². The van der Waals surface area contributed by atoms with Gasteiger partial charge in [0.05, 0.1) is 50.1 Å². The van der Waals surface area contributed by atoms with E-state index in [9.17, 15) is 24.5 Å². The summed E-state index contributed by atoms with van der Waals surface area (Å²) in [5, 5.41) is 11.3. The van der Waals surface area contributed by atoms with E-state index in [2.05, 4.69) is 24.0 Å². The van der Waals surface area contributed by atoms with Crippen molar-refractivity contribution in [1.29, 1.82) is 0 Å². The van der Waals surface area contributed by atoms with E-state index in [1.54, 1.807) is 7.11 Å². The van der Waals surface area contributed by atoms with Crippen molar-refractivity contribution in [2.24, 2.45) is 11.8 Å². The van der Waals surface area contributed by atoms with Crippen LogP contribution in [0.2, 0.25) is 0 Å². The van der Waals surface area contributed by atoms with E-state index in [0.717, 1.165) is 75.7 Å². The number of rotatable bonds is 17. The monoisotopic (exact) mass is 705 g/mol. The number of amides is 1. The molecule has 0 aromatic heterocycles. The lowest BCUT2D eigenvalue weighted by Gasteiger charge is -2.45. The highest BCUT2D eigenvalue weighted by atomic mass is 16.6. The van der Waals surface area contributed by atoms with Gasteiger partial charge in [-0.15, -0.1) is 0 Å². The summed E-state index contributed by atoms with van der Waals surface area (Å²) in [6, 6.07) is 12.2. The molecule has 0 aliphatic carbocycles. The van der Waals surface area contributed by atoms with Gasteiger partial charge in [0, 0.05) is 37.0 Å². The molecular formula is C39H51N3O9. The van der Waals surface area contributed by atoms with Crippen molar-refractivity contribution in [1.82, 2.24) is 4.90 Å². The molecule has 3 aliphatic heterocycles. The molecule has 1 amide bonds. The third-order valence-corrected chi connectivity index (χ3v) is 11.1. The maximum absolute atomic E-state index is 14.6. The zero-order valence-electron chi connectivity index (χ0n) is 30.3. The quantitative estimate of drug-likeness (QED) is 0.0442. The number of nitro benzene ring substituents is 1. The average Bonchev–Trinajstić information content (AvgIpc) is 3.64. The lowest BCUT2D eigenvalue weighted by molar-refractivity contribution is -0.385. The van der Waals surface area contributed by atoms with E-state index >= 15 is 0 Å². The average molecular weight is 706 g/mol. The smallest absolute Gasteiger partial charge is 0.345 e. The molecule has 3 aliphatic rings. The van der Waals surface area contributed by atoms with Gasteiger partial charge in [0.1, 0.15) is 11.3 Å². The molecule has 12 nitrogen and oxygen atoms in total. The Labute approximate surface area is 300 Å². The Morgan fingerprint density at radius 1 is 1.02 bits per heavy atom. The molecule has 0 bridgehead atoms. The van der Waals surface area contributed by atoms with Crippen molar-refractivity contribution in [2.75, 3.05) is 52.5 Å². The number of fused-ring (bicyclic) bond motifs is 4. The molecule has 2 saturated heterocycles. The van der Waals surface area contributed by atoms with Crippen LogP contribution >= 0.6 is 0 Å². The fourth-order valence-corrected chi connectivity index (χ4v) is 8.51. The highest BCUT2D eigenvalue weighted by molar-refractivity contribution is 6.09. The molecule has 0 saturated carbocycles. The van der Waals surface area contributed by atoms with Crippen LogP contribution in [0.3, 0.4) is 0 Å². The number of anilines is 1. The molecule has 5 rings (SSSR count). The van der Waals surface area contributed by atoms with Gasteiger partial charge in [0.2, 0.25) is 5.91 Å². The van der Waals surface area contributed by atoms with Crippen LogP contribution in [-0.4, -0.2) is 81.3 Å². The van der Waals surface area contributed by atoms with Crippen molar-refractivity contribution < 1.29 is 38.3 Å². The largest absolute Gasteiger partial charge is 0.504 e. The summed E-state index contributed by atoms with van der Waals surface area (Å²) in [5.41, 5.74) is 1.60. The minimum Gasteiger partial charge on any atom is -0.504 e. The highest BCUT2D eigenvalue weighted by Crippen LogP contribution is 2.55. The van der Waals surface area contributed by atoms with Gasteiger partial charge >= 0.3 is 11.9 Å². The number of carbonyl (C=O) groups is 3. The minimum atomic E-state index is -0.729. The van der Waals surface area contributed by atoms with Gasteiger partial charge in [0.15, 0.2) is 0 Å². The molecule has 51 heavy (non-hydrogen) atoms. The second-order valence-corrected chi connectivity index (χ2v) is 13.8. The third-order valence-electron chi connectivity index (χ3n) is 11.1. The number of carbonyl (C=O) groups excluding carboxylic acids is 3. The van der Waals surface area contributed by atoms with Gasteiger partial charge in [-0.25, -0.2) is 9.59 Å². The number of nitrogens with zero attached hydrogens (tertiary/aromatic N) is 3. The fourth-order valence-electron chi connectivity index (χ4n) is 8.51. The lowest BCUT2D eigenvalue weighted by atomic mass is 9.67. The molecular weight excluding hydrogens is 654 g/mol. The standard InChI is InChI=1S/C39H51N3O9/c1-5-27-25-40-21-19-39(35(40)24-29(27)31(26-48-2)36(43)50-4)32-15-11-12-16-34(32)41(38(39)45)20-13-9-7-6-8-10-14-22-51-37(44)30-23-28(49-3)17-18-33(30)42(46)47/h11-12,15-18,23,26-27,29,35H,5-10,13-14,19-22,24-25H2,1-4H3/b31-26+/t27-,29-,35?,39+/m0/s1. The molecule has 0 radical (unpaired) electrons. The lowest BCUT2D eigenvalue weighted by Crippen LogP contribution is -2.55. The molecule has 3 heterocycles. The number of esters is 2. The molecule has 276 valence electrons. The Balaban J connectivity index is 1.11. The van der Waals surface area contributed by atoms with Gasteiger partial charge < -0.3 is 23.8 Å². The molecule has 1 spiro atoms. The number of hydrogen-bond donors (Lipinski definition) is 0. The topological polar surface area (TPSA) is 138 Å². The highest BCUT2D eigenvalue weighted by Gasteiger charge is 2.62. The van der Waals surface area contributed by atoms with Crippen molar-refractivity contribution in [3.05, 3.63) is 75.5 Å². The summed E-state index contributed by atoms with van der Waals surface area (Å²) in [6.45, 7) is 4.69. The van der Waals surface area contributed by atoms with Crippen LogP contribution in [0.4, 0.5) is 11.4 Å². The summed E-state index contributed by atoms with van der Waals surface area (Å²) in [6.07, 6.45) is 10.4. The van der Waals surface area contributed by atoms with Gasteiger partial charge in [-0.2, -0.15) is 0 Å². The second-order valence-electron chi connectivity index (χ2n) is 13.8. The normalized spacial score (nSPS) is 22.8. The first kappa shape index (κ1) is 37.8. The van der Waals surface area contributed by atoms with Crippen molar-refractivity contribution in [3.8, 4) is 5.75 Å². The van der Waals surface area contributed by atoms with Crippen LogP contribution in [0.25, 0.3) is 0 Å².